The summed E-state index contributed by atoms with van der Waals surface area (Å²) in [5.74, 6) is 0.547. The van der Waals surface area contributed by atoms with Crippen LogP contribution >= 0.6 is 0 Å². The van der Waals surface area contributed by atoms with Gasteiger partial charge in [0.2, 0.25) is 0 Å². The Morgan fingerprint density at radius 1 is 1.17 bits per heavy atom. The number of carbonyl (C=O) groups excluding carboxylic acids is 1. The molecule has 0 bridgehead atoms. The molecule has 5 nitrogen and oxygen atoms in total. The summed E-state index contributed by atoms with van der Waals surface area (Å²) in [5.41, 5.74) is 4.06. The topological polar surface area (TPSA) is 58.1 Å². The predicted octanol–water partition coefficient (Wildman–Crippen LogP) is 3.72. The van der Waals surface area contributed by atoms with Crippen molar-refractivity contribution in [2.24, 2.45) is 5.92 Å². The van der Waals surface area contributed by atoms with Crippen molar-refractivity contribution >= 4 is 16.8 Å². The van der Waals surface area contributed by atoms with Crippen molar-refractivity contribution in [2.75, 3.05) is 6.54 Å². The third-order valence-electron chi connectivity index (χ3n) is 6.51. The summed E-state index contributed by atoms with van der Waals surface area (Å²) in [7, 11) is 0. The molecule has 3 heterocycles. The zero-order valence-electron chi connectivity index (χ0n) is 16.7. The maximum Gasteiger partial charge on any atom is 0.253 e. The van der Waals surface area contributed by atoms with Gasteiger partial charge in [0, 0.05) is 42.6 Å². The third-order valence-corrected chi connectivity index (χ3v) is 6.51. The highest BCUT2D eigenvalue weighted by Crippen LogP contribution is 2.39. The number of nitrogens with one attached hydrogen (secondary N) is 1. The van der Waals surface area contributed by atoms with Crippen LogP contribution in [0.1, 0.15) is 40.7 Å². The molecule has 0 unspecified atom stereocenters. The molecule has 29 heavy (non-hydrogen) atoms. The molecule has 5 heteroatoms. The minimum atomic E-state index is 0.00679. The lowest BCUT2D eigenvalue weighted by atomic mass is 9.99. The van der Waals surface area contributed by atoms with Crippen molar-refractivity contribution in [1.29, 1.82) is 0 Å². The van der Waals surface area contributed by atoms with E-state index in [1.165, 1.54) is 10.9 Å². The summed E-state index contributed by atoms with van der Waals surface area (Å²) in [5, 5.41) is 4.49. The maximum absolute atomic E-state index is 12.7. The van der Waals surface area contributed by atoms with Crippen molar-refractivity contribution in [3.63, 3.8) is 0 Å². The molecule has 1 N–H and O–H groups in total. The van der Waals surface area contributed by atoms with Crippen molar-refractivity contribution in [2.45, 2.75) is 44.8 Å². The van der Waals surface area contributed by atoms with Crippen molar-refractivity contribution < 1.29 is 4.79 Å². The third kappa shape index (κ3) is 3.62. The van der Waals surface area contributed by atoms with Crippen molar-refractivity contribution in [3.8, 4) is 0 Å². The molecular formula is C24H26N4O. The van der Waals surface area contributed by atoms with Crippen LogP contribution in [-0.2, 0) is 6.54 Å². The van der Waals surface area contributed by atoms with Crippen LogP contribution in [0.4, 0.5) is 0 Å². The molecule has 1 saturated carbocycles. The molecular weight excluding hydrogens is 360 g/mol. The van der Waals surface area contributed by atoms with Gasteiger partial charge in [0.1, 0.15) is 0 Å². The fourth-order valence-corrected chi connectivity index (χ4v) is 5.14. The van der Waals surface area contributed by atoms with Crippen molar-refractivity contribution in [1.82, 2.24) is 20.2 Å². The van der Waals surface area contributed by atoms with E-state index in [2.05, 4.69) is 44.5 Å². The molecule has 3 aromatic rings. The molecule has 3 atom stereocenters. The van der Waals surface area contributed by atoms with Gasteiger partial charge in [-0.1, -0.05) is 12.1 Å². The van der Waals surface area contributed by atoms with E-state index < -0.39 is 0 Å². The van der Waals surface area contributed by atoms with Crippen LogP contribution in [0.5, 0.6) is 0 Å². The van der Waals surface area contributed by atoms with Gasteiger partial charge in [-0.2, -0.15) is 0 Å². The Balaban J connectivity index is 1.25. The van der Waals surface area contributed by atoms with E-state index in [4.69, 9.17) is 0 Å². The number of benzene rings is 1. The Hall–Kier alpha value is -2.79. The molecule has 0 spiro atoms. The summed E-state index contributed by atoms with van der Waals surface area (Å²) in [6.07, 6.45) is 8.63. The average molecular weight is 386 g/mol. The molecule has 1 saturated heterocycles. The fourth-order valence-electron chi connectivity index (χ4n) is 5.14. The zero-order chi connectivity index (χ0) is 19.8. The quantitative estimate of drug-likeness (QED) is 0.742. The SMILES string of the molecule is Cc1cncc(C(=O)N[C@H]2CC[C@@H]3[C@H]2CCN3Cc2ccc3ncccc3c2)c1. The van der Waals surface area contributed by atoms with Gasteiger partial charge in [-0.25, -0.2) is 0 Å². The summed E-state index contributed by atoms with van der Waals surface area (Å²) in [6, 6.07) is 13.4. The molecule has 1 amide bonds. The van der Waals surface area contributed by atoms with Crippen LogP contribution in [0, 0.1) is 12.8 Å². The van der Waals surface area contributed by atoms with Gasteiger partial charge in [0.15, 0.2) is 0 Å². The number of pyridine rings is 2. The predicted molar refractivity (Wildman–Crippen MR) is 114 cm³/mol. The molecule has 2 fully saturated rings. The second-order valence-corrected chi connectivity index (χ2v) is 8.43. The molecule has 1 aliphatic carbocycles. The Labute approximate surface area is 171 Å². The number of likely N-dealkylation sites (tertiary alicyclic amines) is 1. The van der Waals surface area contributed by atoms with Crippen LogP contribution < -0.4 is 5.32 Å². The number of hydrogen-bond donors (Lipinski definition) is 1. The smallest absolute Gasteiger partial charge is 0.253 e. The van der Waals surface area contributed by atoms with Crippen molar-refractivity contribution in [3.05, 3.63) is 71.7 Å². The van der Waals surface area contributed by atoms with Crippen LogP contribution in [-0.4, -0.2) is 39.4 Å². The second kappa shape index (κ2) is 7.56. The standard InChI is InChI=1S/C24H26N4O/c1-16-11-19(14-25-13-16)24(29)27-22-6-7-23-20(22)8-10-28(23)15-17-4-5-21-18(12-17)3-2-9-26-21/h2-5,9,11-14,20,22-23H,6-8,10,15H2,1H3,(H,27,29)/t20-,22-,23+/m0/s1. The lowest BCUT2D eigenvalue weighted by molar-refractivity contribution is 0.0926. The minimum absolute atomic E-state index is 0.00679. The summed E-state index contributed by atoms with van der Waals surface area (Å²) in [4.78, 5) is 23.8. The fraction of sp³-hybridized carbons (Fsp3) is 0.375. The van der Waals surface area contributed by atoms with Crippen LogP contribution in [0.15, 0.2) is 55.0 Å². The first-order chi connectivity index (χ1) is 14.2. The number of hydrogen-bond acceptors (Lipinski definition) is 4. The number of carbonyl (C=O) groups is 1. The Bertz CT molecular complexity index is 1050. The van der Waals surface area contributed by atoms with E-state index in [-0.39, 0.29) is 11.9 Å². The summed E-state index contributed by atoms with van der Waals surface area (Å²) >= 11 is 0. The van der Waals surface area contributed by atoms with Gasteiger partial charge >= 0.3 is 0 Å². The van der Waals surface area contributed by atoms with E-state index >= 15 is 0 Å². The van der Waals surface area contributed by atoms with Gasteiger partial charge in [-0.3, -0.25) is 19.7 Å². The summed E-state index contributed by atoms with van der Waals surface area (Å²) in [6.45, 7) is 4.03. The highest BCUT2D eigenvalue weighted by Gasteiger charge is 2.44. The second-order valence-electron chi connectivity index (χ2n) is 8.43. The highest BCUT2D eigenvalue weighted by atomic mass is 16.1. The lowest BCUT2D eigenvalue weighted by Crippen LogP contribution is -2.39. The monoisotopic (exact) mass is 386 g/mol. The Morgan fingerprint density at radius 3 is 3.00 bits per heavy atom. The number of amides is 1. The molecule has 1 aromatic carbocycles. The molecule has 0 radical (unpaired) electrons. The molecule has 2 aliphatic rings. The molecule has 5 rings (SSSR count). The van der Waals surface area contributed by atoms with E-state index in [1.807, 2.05) is 25.3 Å². The highest BCUT2D eigenvalue weighted by molar-refractivity contribution is 5.94. The number of aryl methyl sites for hydroxylation is 1. The Morgan fingerprint density at radius 2 is 2.10 bits per heavy atom. The maximum atomic E-state index is 12.7. The lowest BCUT2D eigenvalue weighted by Gasteiger charge is -2.24. The first-order valence-corrected chi connectivity index (χ1v) is 10.5. The van der Waals surface area contributed by atoms with Crippen LogP contribution in [0.2, 0.25) is 0 Å². The van der Waals surface area contributed by atoms with E-state index in [0.29, 0.717) is 17.5 Å². The van der Waals surface area contributed by atoms with Crippen LogP contribution in [0.25, 0.3) is 10.9 Å². The number of aromatic nitrogens is 2. The average Bonchev–Trinajstić information content (AvgIpc) is 3.31. The van der Waals surface area contributed by atoms with Gasteiger partial charge < -0.3 is 5.32 Å². The zero-order valence-corrected chi connectivity index (χ0v) is 16.7. The minimum Gasteiger partial charge on any atom is -0.349 e. The molecule has 148 valence electrons. The van der Waals surface area contributed by atoms with E-state index in [9.17, 15) is 4.79 Å². The molecule has 1 aliphatic heterocycles. The first kappa shape index (κ1) is 18.3. The van der Waals surface area contributed by atoms with Gasteiger partial charge in [-0.05, 0) is 74.0 Å². The first-order valence-electron chi connectivity index (χ1n) is 10.5. The number of fused-ring (bicyclic) bond motifs is 2. The van der Waals surface area contributed by atoms with Gasteiger partial charge in [0.25, 0.3) is 5.91 Å². The van der Waals surface area contributed by atoms with E-state index in [1.54, 1.807) is 12.4 Å². The molecule has 2 aromatic heterocycles. The van der Waals surface area contributed by atoms with E-state index in [0.717, 1.165) is 43.4 Å². The number of rotatable bonds is 4. The van der Waals surface area contributed by atoms with Crippen LogP contribution in [0.3, 0.4) is 0 Å². The van der Waals surface area contributed by atoms with Gasteiger partial charge in [0.05, 0.1) is 11.1 Å². The van der Waals surface area contributed by atoms with Gasteiger partial charge in [-0.15, -0.1) is 0 Å². The number of nitrogens with zero attached hydrogens (tertiary/aromatic N) is 3. The largest absolute Gasteiger partial charge is 0.349 e. The summed E-state index contributed by atoms with van der Waals surface area (Å²) < 4.78 is 0. The normalized spacial score (nSPS) is 24.0. The Kier molecular flexibility index (Phi) is 4.76.